The predicted molar refractivity (Wildman–Crippen MR) is 192 cm³/mol. The van der Waals surface area contributed by atoms with Gasteiger partial charge in [-0.1, -0.05) is 33.0 Å². The van der Waals surface area contributed by atoms with Gasteiger partial charge in [-0.15, -0.1) is 0 Å². The molecular formula is C35H52N4O6Si2. The molecule has 1 N–H and O–H groups in total. The second-order valence-electron chi connectivity index (χ2n) is 14.2. The fraction of sp³-hybridized carbons (Fsp3) is 0.543. The lowest BCUT2D eigenvalue weighted by atomic mass is 9.88. The van der Waals surface area contributed by atoms with Crippen LogP contribution < -0.4 is 10.1 Å². The number of amides is 1. The molecule has 5 rings (SSSR count). The van der Waals surface area contributed by atoms with Crippen molar-refractivity contribution in [3.05, 3.63) is 53.1 Å². The van der Waals surface area contributed by atoms with Crippen LogP contribution in [-0.2, 0) is 26.7 Å². The summed E-state index contributed by atoms with van der Waals surface area (Å²) in [6.07, 6.45) is 0.494. The van der Waals surface area contributed by atoms with E-state index in [1.807, 2.05) is 45.0 Å². The summed E-state index contributed by atoms with van der Waals surface area (Å²) in [4.78, 5) is 31.7. The Bertz CT molecular complexity index is 1590. The summed E-state index contributed by atoms with van der Waals surface area (Å²) in [5, 5.41) is 3.84. The maximum atomic E-state index is 13.7. The third-order valence-corrected chi connectivity index (χ3v) is 10.3. The van der Waals surface area contributed by atoms with Crippen LogP contribution in [0.5, 0.6) is 5.75 Å². The van der Waals surface area contributed by atoms with E-state index in [1.54, 1.807) is 11.7 Å². The number of benzene rings is 2. The number of carbonyl (C=O) groups excluding carboxylic acids is 2. The minimum absolute atomic E-state index is 0.00187. The van der Waals surface area contributed by atoms with Crippen LogP contribution in [0.3, 0.4) is 0 Å². The summed E-state index contributed by atoms with van der Waals surface area (Å²) < 4.78 is 25.2. The van der Waals surface area contributed by atoms with Crippen LogP contribution in [0.1, 0.15) is 62.5 Å². The van der Waals surface area contributed by atoms with Crippen molar-refractivity contribution in [3.63, 3.8) is 0 Å². The van der Waals surface area contributed by atoms with E-state index in [1.165, 1.54) is 5.56 Å². The summed E-state index contributed by atoms with van der Waals surface area (Å²) in [5.41, 5.74) is 3.90. The van der Waals surface area contributed by atoms with E-state index >= 15 is 0 Å². The number of nitrogens with zero attached hydrogens (tertiary/aromatic N) is 3. The van der Waals surface area contributed by atoms with E-state index in [9.17, 15) is 9.59 Å². The fourth-order valence-electron chi connectivity index (χ4n) is 6.53. The number of hydrogen-bond donors (Lipinski definition) is 1. The van der Waals surface area contributed by atoms with Crippen molar-refractivity contribution in [2.24, 2.45) is 5.41 Å². The van der Waals surface area contributed by atoms with E-state index in [0.717, 1.165) is 62.2 Å². The highest BCUT2D eigenvalue weighted by atomic mass is 28.2. The van der Waals surface area contributed by atoms with Gasteiger partial charge in [0.15, 0.2) is 19.5 Å². The van der Waals surface area contributed by atoms with Crippen molar-refractivity contribution in [2.45, 2.75) is 79.1 Å². The second-order valence-corrected chi connectivity index (χ2v) is 16.1. The highest BCUT2D eigenvalue weighted by Gasteiger charge is 2.32. The van der Waals surface area contributed by atoms with Crippen LogP contribution in [0.25, 0.3) is 22.2 Å². The lowest BCUT2D eigenvalue weighted by molar-refractivity contribution is -0.0852. The van der Waals surface area contributed by atoms with Gasteiger partial charge in [0.2, 0.25) is 0 Å². The molecule has 2 aromatic carbocycles. The van der Waals surface area contributed by atoms with Crippen molar-refractivity contribution in [3.8, 4) is 17.0 Å². The number of piperazine rings is 1. The molecule has 256 valence electrons. The number of rotatable bonds is 12. The molecule has 0 radical (unpaired) electrons. The molecule has 1 aromatic heterocycles. The highest BCUT2D eigenvalue weighted by Crippen LogP contribution is 2.37. The minimum atomic E-state index is -0.687. The predicted octanol–water partition coefficient (Wildman–Crippen LogP) is 4.50. The molecule has 47 heavy (non-hydrogen) atoms. The largest absolute Gasteiger partial charge is 0.497 e. The van der Waals surface area contributed by atoms with E-state index in [4.69, 9.17) is 18.3 Å². The SMILES string of the molecule is COc1cc2c(c(-c3cc4cc(CN5CCN(CCC(C)(C)C(O[SiH2]C)O[SiH2]C)CC5)ccc4n3C(=O)OC(C)(C)C)c1)C(=O)NC2. The van der Waals surface area contributed by atoms with Gasteiger partial charge in [0.1, 0.15) is 17.6 Å². The zero-order valence-corrected chi connectivity index (χ0v) is 32.2. The molecular weight excluding hydrogens is 629 g/mol. The van der Waals surface area contributed by atoms with E-state index in [-0.39, 0.29) is 17.6 Å². The summed E-state index contributed by atoms with van der Waals surface area (Å²) in [6.45, 7) is 20.8. The lowest BCUT2D eigenvalue weighted by Crippen LogP contribution is -2.47. The smallest absolute Gasteiger partial charge is 0.419 e. The monoisotopic (exact) mass is 680 g/mol. The first-order valence-corrected chi connectivity index (χ1v) is 20.9. The summed E-state index contributed by atoms with van der Waals surface area (Å²) in [6, 6.07) is 11.9. The van der Waals surface area contributed by atoms with Gasteiger partial charge < -0.3 is 28.5 Å². The summed E-state index contributed by atoms with van der Waals surface area (Å²) >= 11 is 0. The Labute approximate surface area is 283 Å². The van der Waals surface area contributed by atoms with Crippen LogP contribution in [-0.4, -0.2) is 97.6 Å². The molecule has 0 aliphatic carbocycles. The van der Waals surface area contributed by atoms with Crippen LogP contribution in [0.4, 0.5) is 4.79 Å². The first kappa shape index (κ1) is 35.3. The molecule has 0 spiro atoms. The van der Waals surface area contributed by atoms with E-state index in [0.29, 0.717) is 29.1 Å². The van der Waals surface area contributed by atoms with Gasteiger partial charge >= 0.3 is 6.09 Å². The molecule has 0 atom stereocenters. The van der Waals surface area contributed by atoms with Gasteiger partial charge in [-0.2, -0.15) is 0 Å². The maximum absolute atomic E-state index is 13.7. The first-order chi connectivity index (χ1) is 22.3. The molecule has 1 saturated heterocycles. The minimum Gasteiger partial charge on any atom is -0.497 e. The molecule has 12 heteroatoms. The molecule has 3 aromatic rings. The molecule has 0 bridgehead atoms. The molecule has 0 saturated carbocycles. The van der Waals surface area contributed by atoms with Crippen LogP contribution in [0, 0.1) is 5.41 Å². The average molecular weight is 681 g/mol. The van der Waals surface area contributed by atoms with Gasteiger partial charge in [0.25, 0.3) is 5.91 Å². The molecule has 2 aliphatic heterocycles. The Kier molecular flexibility index (Phi) is 11.0. The van der Waals surface area contributed by atoms with Crippen molar-refractivity contribution in [1.82, 2.24) is 19.7 Å². The quantitative estimate of drug-likeness (QED) is 0.221. The molecule has 10 nitrogen and oxygen atoms in total. The number of hydrogen-bond acceptors (Lipinski definition) is 8. The standard InChI is InChI=1S/C35H52N4O6Si2/c1-34(2,3)43-33(41)39-28-10-9-23(17-24(28)19-29(39)27-20-26(42-6)18-25-21-36-31(40)30(25)27)22-38-15-13-37(14-16-38)12-11-35(4,5)32(44-46-7)45-47-8/h9-10,17-20,32H,11-16,21-22,46-47H2,1-8H3,(H,36,40). The van der Waals surface area contributed by atoms with Gasteiger partial charge in [-0.05, 0) is 75.2 Å². The number of methoxy groups -OCH3 is 1. The van der Waals surface area contributed by atoms with Gasteiger partial charge in [-0.25, -0.2) is 9.36 Å². The van der Waals surface area contributed by atoms with E-state index in [2.05, 4.69) is 54.2 Å². The molecule has 1 amide bonds. The average Bonchev–Trinajstić information content (AvgIpc) is 3.59. The highest BCUT2D eigenvalue weighted by molar-refractivity contribution is 6.26. The Morgan fingerprint density at radius 1 is 0.957 bits per heavy atom. The van der Waals surface area contributed by atoms with Gasteiger partial charge in [0.05, 0.1) is 23.9 Å². The Hall–Kier alpha value is -3.01. The van der Waals surface area contributed by atoms with Crippen molar-refractivity contribution in [1.29, 1.82) is 0 Å². The zero-order chi connectivity index (χ0) is 33.9. The summed E-state index contributed by atoms with van der Waals surface area (Å²) in [5.74, 6) is 0.472. The van der Waals surface area contributed by atoms with Gasteiger partial charge in [0, 0.05) is 55.6 Å². The molecule has 2 aliphatic rings. The first-order valence-electron chi connectivity index (χ1n) is 16.9. The van der Waals surface area contributed by atoms with Crippen LogP contribution in [0.2, 0.25) is 13.1 Å². The van der Waals surface area contributed by atoms with Crippen molar-refractivity contribution < 1.29 is 27.9 Å². The van der Waals surface area contributed by atoms with Crippen molar-refractivity contribution in [2.75, 3.05) is 39.8 Å². The normalized spacial score (nSPS) is 17.2. The van der Waals surface area contributed by atoms with Crippen LogP contribution in [0.15, 0.2) is 36.4 Å². The Morgan fingerprint density at radius 3 is 2.28 bits per heavy atom. The lowest BCUT2D eigenvalue weighted by Gasteiger charge is -2.39. The van der Waals surface area contributed by atoms with E-state index < -0.39 is 31.2 Å². The Morgan fingerprint density at radius 2 is 1.64 bits per heavy atom. The topological polar surface area (TPSA) is 94.5 Å². The summed E-state index contributed by atoms with van der Waals surface area (Å²) in [7, 11) is 0.557. The zero-order valence-electron chi connectivity index (χ0n) is 29.4. The van der Waals surface area contributed by atoms with Crippen LogP contribution >= 0.6 is 0 Å². The molecule has 0 unspecified atom stereocenters. The number of carbonyl (C=O) groups is 2. The number of nitrogens with one attached hydrogen (secondary N) is 1. The molecule has 1 fully saturated rings. The number of aromatic nitrogens is 1. The second kappa shape index (κ2) is 14.6. The molecule has 3 heterocycles. The van der Waals surface area contributed by atoms with Crippen molar-refractivity contribution >= 4 is 42.4 Å². The third kappa shape index (κ3) is 8.18. The Balaban J connectivity index is 1.35. The third-order valence-electron chi connectivity index (χ3n) is 9.03. The number of fused-ring (bicyclic) bond motifs is 2. The fourth-order valence-corrected chi connectivity index (χ4v) is 8.42. The maximum Gasteiger partial charge on any atom is 0.419 e. The number of ether oxygens (including phenoxy) is 2. The van der Waals surface area contributed by atoms with Gasteiger partial charge in [-0.3, -0.25) is 9.69 Å².